The highest BCUT2D eigenvalue weighted by atomic mass is 32.2. The van der Waals surface area contributed by atoms with Crippen molar-refractivity contribution >= 4 is 27.5 Å². The molecule has 2 amide bonds. The number of ether oxygens (including phenoxy) is 2. The number of methoxy groups -OCH3 is 1. The lowest BCUT2D eigenvalue weighted by Crippen LogP contribution is -2.56. The number of amides is 2. The third-order valence-electron chi connectivity index (χ3n) is 7.58. The minimum atomic E-state index is -4.22. The Bertz CT molecular complexity index is 1770. The number of nitrogens with zero attached hydrogens (tertiary/aromatic N) is 2. The van der Waals surface area contributed by atoms with Crippen molar-refractivity contribution in [3.8, 4) is 11.5 Å². The van der Waals surface area contributed by atoms with Crippen LogP contribution >= 0.6 is 0 Å². The van der Waals surface area contributed by atoms with Crippen LogP contribution < -0.4 is 19.1 Å². The van der Waals surface area contributed by atoms with Crippen molar-refractivity contribution in [2.45, 2.75) is 64.1 Å². The minimum Gasteiger partial charge on any atom is -0.497 e. The van der Waals surface area contributed by atoms with E-state index in [-0.39, 0.29) is 29.5 Å². The van der Waals surface area contributed by atoms with Crippen molar-refractivity contribution in [1.82, 2.24) is 10.2 Å². The van der Waals surface area contributed by atoms with E-state index in [1.165, 1.54) is 17.0 Å². The van der Waals surface area contributed by atoms with Gasteiger partial charge < -0.3 is 19.7 Å². The molecule has 4 rings (SSSR count). The van der Waals surface area contributed by atoms with Crippen LogP contribution in [-0.4, -0.2) is 57.0 Å². The van der Waals surface area contributed by atoms with Gasteiger partial charge in [0.25, 0.3) is 10.0 Å². The highest BCUT2D eigenvalue weighted by Gasteiger charge is 2.35. The van der Waals surface area contributed by atoms with Gasteiger partial charge in [0.1, 0.15) is 24.1 Å². The third kappa shape index (κ3) is 9.60. The summed E-state index contributed by atoms with van der Waals surface area (Å²) in [5, 5.41) is 3.04. The highest BCUT2D eigenvalue weighted by Crippen LogP contribution is 2.28. The van der Waals surface area contributed by atoms with E-state index in [4.69, 9.17) is 9.47 Å². The van der Waals surface area contributed by atoms with Crippen LogP contribution in [0.25, 0.3) is 0 Å². The molecular formula is C38H45N3O6S. The zero-order chi connectivity index (χ0) is 34.9. The first-order valence-electron chi connectivity index (χ1n) is 15.9. The van der Waals surface area contributed by atoms with Gasteiger partial charge in [0.05, 0.1) is 24.3 Å². The fraction of sp³-hybridized carbons (Fsp3) is 0.316. The minimum absolute atomic E-state index is 0.0345. The summed E-state index contributed by atoms with van der Waals surface area (Å²) in [5.74, 6) is 0.266. The molecule has 4 aromatic rings. The number of rotatable bonds is 14. The third-order valence-corrected chi connectivity index (χ3v) is 9.37. The molecule has 0 aliphatic rings. The quantitative estimate of drug-likeness (QED) is 0.172. The molecule has 0 saturated heterocycles. The Kier molecular flexibility index (Phi) is 11.9. The summed E-state index contributed by atoms with van der Waals surface area (Å²) in [4.78, 5) is 30.2. The van der Waals surface area contributed by atoms with Gasteiger partial charge in [-0.25, -0.2) is 8.42 Å². The van der Waals surface area contributed by atoms with Crippen LogP contribution in [-0.2, 0) is 32.6 Å². The molecule has 48 heavy (non-hydrogen) atoms. The highest BCUT2D eigenvalue weighted by molar-refractivity contribution is 7.92. The monoisotopic (exact) mass is 671 g/mol. The Morgan fingerprint density at radius 3 is 2.08 bits per heavy atom. The lowest BCUT2D eigenvalue weighted by atomic mass is 10.0. The van der Waals surface area contributed by atoms with Crippen LogP contribution in [0, 0.1) is 6.92 Å². The van der Waals surface area contributed by atoms with Gasteiger partial charge in [0, 0.05) is 18.5 Å². The average Bonchev–Trinajstić information content (AvgIpc) is 3.05. The SMILES string of the molecule is CCOc1ccc(N(CC(=O)N(Cc2cccc(OC)c2)C(Cc2ccccc2)C(=O)NC(C)(C)C)S(=O)(=O)c2ccc(C)cc2)cc1. The maximum atomic E-state index is 14.7. The van der Waals surface area contributed by atoms with Crippen molar-refractivity contribution in [3.05, 3.63) is 120 Å². The lowest BCUT2D eigenvalue weighted by molar-refractivity contribution is -0.140. The average molecular weight is 672 g/mol. The van der Waals surface area contributed by atoms with Crippen molar-refractivity contribution in [3.63, 3.8) is 0 Å². The second kappa shape index (κ2) is 15.8. The van der Waals surface area contributed by atoms with E-state index in [0.29, 0.717) is 18.1 Å². The molecule has 1 atom stereocenters. The molecule has 0 radical (unpaired) electrons. The summed E-state index contributed by atoms with van der Waals surface area (Å²) in [7, 11) is -2.66. The Morgan fingerprint density at radius 2 is 1.48 bits per heavy atom. The largest absolute Gasteiger partial charge is 0.497 e. The smallest absolute Gasteiger partial charge is 0.264 e. The Morgan fingerprint density at radius 1 is 0.833 bits per heavy atom. The number of aryl methyl sites for hydroxylation is 1. The van der Waals surface area contributed by atoms with Gasteiger partial charge in [-0.2, -0.15) is 0 Å². The van der Waals surface area contributed by atoms with Gasteiger partial charge in [-0.05, 0) is 94.3 Å². The van der Waals surface area contributed by atoms with Crippen LogP contribution in [0.5, 0.6) is 11.5 Å². The molecule has 1 unspecified atom stereocenters. The van der Waals surface area contributed by atoms with E-state index in [9.17, 15) is 18.0 Å². The number of hydrogen-bond acceptors (Lipinski definition) is 6. The summed E-state index contributed by atoms with van der Waals surface area (Å²) in [6, 6.07) is 28.8. The maximum Gasteiger partial charge on any atom is 0.264 e. The van der Waals surface area contributed by atoms with E-state index in [2.05, 4.69) is 5.32 Å². The molecule has 10 heteroatoms. The first kappa shape index (κ1) is 36.0. The Labute approximate surface area is 284 Å². The van der Waals surface area contributed by atoms with Crippen molar-refractivity contribution < 1.29 is 27.5 Å². The van der Waals surface area contributed by atoms with Gasteiger partial charge >= 0.3 is 0 Å². The molecular weight excluding hydrogens is 627 g/mol. The summed E-state index contributed by atoms with van der Waals surface area (Å²) in [6.45, 7) is 9.29. The molecule has 0 fully saturated rings. The second-order valence-corrected chi connectivity index (χ2v) is 14.4. The molecule has 0 bridgehead atoms. The summed E-state index contributed by atoms with van der Waals surface area (Å²) in [6.07, 6.45) is 0.215. The molecule has 0 aliphatic carbocycles. The predicted octanol–water partition coefficient (Wildman–Crippen LogP) is 6.15. The van der Waals surface area contributed by atoms with Gasteiger partial charge in [-0.1, -0.05) is 60.2 Å². The van der Waals surface area contributed by atoms with Crippen LogP contribution in [0.4, 0.5) is 5.69 Å². The van der Waals surface area contributed by atoms with E-state index in [1.807, 2.05) is 77.1 Å². The Hall–Kier alpha value is -4.83. The normalized spacial score (nSPS) is 12.1. The van der Waals surface area contributed by atoms with E-state index in [1.54, 1.807) is 55.6 Å². The Balaban J connectivity index is 1.83. The first-order valence-corrected chi connectivity index (χ1v) is 17.4. The second-order valence-electron chi connectivity index (χ2n) is 12.6. The van der Waals surface area contributed by atoms with Crippen LogP contribution in [0.3, 0.4) is 0 Å². The van der Waals surface area contributed by atoms with Crippen LogP contribution in [0.2, 0.25) is 0 Å². The molecule has 0 saturated carbocycles. The zero-order valence-corrected chi connectivity index (χ0v) is 29.3. The number of nitrogens with one attached hydrogen (secondary N) is 1. The van der Waals surface area contributed by atoms with Gasteiger partial charge in [-0.15, -0.1) is 0 Å². The maximum absolute atomic E-state index is 14.7. The number of hydrogen-bond donors (Lipinski definition) is 1. The number of benzene rings is 4. The molecule has 9 nitrogen and oxygen atoms in total. The number of sulfonamides is 1. The fourth-order valence-electron chi connectivity index (χ4n) is 5.22. The van der Waals surface area contributed by atoms with Crippen LogP contribution in [0.15, 0.2) is 108 Å². The number of anilines is 1. The molecule has 0 spiro atoms. The van der Waals surface area contributed by atoms with Crippen LogP contribution in [0.1, 0.15) is 44.4 Å². The van der Waals surface area contributed by atoms with E-state index < -0.39 is 34.1 Å². The standard InChI is InChI=1S/C38H45N3O6S/c1-7-47-32-20-18-31(19-21-32)41(48(44,45)34-22-16-28(2)17-23-34)27-36(42)40(26-30-14-11-15-33(24-30)46-6)35(37(43)39-38(3,4)5)25-29-12-9-8-10-13-29/h8-24,35H,7,25-27H2,1-6H3,(H,39,43). The molecule has 0 aliphatic heterocycles. The van der Waals surface area contributed by atoms with Crippen molar-refractivity contribution in [2.75, 3.05) is 24.6 Å². The predicted molar refractivity (Wildman–Crippen MR) is 189 cm³/mol. The zero-order valence-electron chi connectivity index (χ0n) is 28.5. The summed E-state index contributed by atoms with van der Waals surface area (Å²) in [5.41, 5.74) is 2.17. The van der Waals surface area contributed by atoms with Crippen molar-refractivity contribution in [1.29, 1.82) is 0 Å². The number of carbonyl (C=O) groups excluding carboxylic acids is 2. The lowest BCUT2D eigenvalue weighted by Gasteiger charge is -2.35. The summed E-state index contributed by atoms with van der Waals surface area (Å²) >= 11 is 0. The first-order chi connectivity index (χ1) is 22.8. The van der Waals surface area contributed by atoms with Gasteiger partial charge in [-0.3, -0.25) is 13.9 Å². The van der Waals surface area contributed by atoms with Gasteiger partial charge in [0.15, 0.2) is 0 Å². The topological polar surface area (TPSA) is 105 Å². The fourth-order valence-corrected chi connectivity index (χ4v) is 6.63. The molecule has 0 heterocycles. The van der Waals surface area contributed by atoms with Crippen molar-refractivity contribution in [2.24, 2.45) is 0 Å². The molecule has 0 aromatic heterocycles. The molecule has 4 aromatic carbocycles. The van der Waals surface area contributed by atoms with E-state index in [0.717, 1.165) is 21.0 Å². The summed E-state index contributed by atoms with van der Waals surface area (Å²) < 4.78 is 40.6. The number of carbonyl (C=O) groups is 2. The molecule has 254 valence electrons. The van der Waals surface area contributed by atoms with E-state index >= 15 is 0 Å². The molecule has 1 N–H and O–H groups in total. The van der Waals surface area contributed by atoms with Gasteiger partial charge in [0.2, 0.25) is 11.8 Å².